The lowest BCUT2D eigenvalue weighted by molar-refractivity contribution is -0.137. The fraction of sp³-hybridized carbons (Fsp3) is 0.231. The summed E-state index contributed by atoms with van der Waals surface area (Å²) in [4.78, 5) is 16.9. The van der Waals surface area contributed by atoms with E-state index < -0.39 is 17.6 Å². The van der Waals surface area contributed by atoms with Crippen molar-refractivity contribution >= 4 is 17.2 Å². The molecule has 0 saturated heterocycles. The highest BCUT2D eigenvalue weighted by Crippen LogP contribution is 2.29. The average molecular weight is 300 g/mol. The van der Waals surface area contributed by atoms with Gasteiger partial charge in [-0.3, -0.25) is 4.79 Å². The summed E-state index contributed by atoms with van der Waals surface area (Å²) in [5, 5.41) is 3.37. The van der Waals surface area contributed by atoms with Crippen LogP contribution in [0.3, 0.4) is 0 Å². The SMILES string of the molecule is Cc1cnc(CNC(=O)c2ccc(C(F)(F)F)cc2)s1. The van der Waals surface area contributed by atoms with E-state index >= 15 is 0 Å². The quantitative estimate of drug-likeness (QED) is 0.944. The van der Waals surface area contributed by atoms with Gasteiger partial charge in [0, 0.05) is 16.6 Å². The summed E-state index contributed by atoms with van der Waals surface area (Å²) < 4.78 is 37.2. The number of thiazole rings is 1. The summed E-state index contributed by atoms with van der Waals surface area (Å²) in [5.41, 5.74) is -0.587. The number of aromatic nitrogens is 1. The highest BCUT2D eigenvalue weighted by Gasteiger charge is 2.30. The molecule has 0 unspecified atom stereocenters. The molecule has 0 aliphatic carbocycles. The van der Waals surface area contributed by atoms with Gasteiger partial charge in [-0.05, 0) is 31.2 Å². The second kappa shape index (κ2) is 5.62. The maximum Gasteiger partial charge on any atom is 0.416 e. The molecule has 1 heterocycles. The highest BCUT2D eigenvalue weighted by atomic mass is 32.1. The van der Waals surface area contributed by atoms with Crippen LogP contribution in [0.2, 0.25) is 0 Å². The fourth-order valence-electron chi connectivity index (χ4n) is 1.55. The van der Waals surface area contributed by atoms with Crippen molar-refractivity contribution in [1.29, 1.82) is 0 Å². The lowest BCUT2D eigenvalue weighted by Gasteiger charge is -2.07. The van der Waals surface area contributed by atoms with Crippen molar-refractivity contribution in [2.45, 2.75) is 19.6 Å². The first-order chi connectivity index (χ1) is 9.36. The van der Waals surface area contributed by atoms with Gasteiger partial charge in [-0.2, -0.15) is 13.2 Å². The zero-order chi connectivity index (χ0) is 14.8. The van der Waals surface area contributed by atoms with E-state index in [9.17, 15) is 18.0 Å². The van der Waals surface area contributed by atoms with E-state index in [1.165, 1.54) is 11.3 Å². The van der Waals surface area contributed by atoms with Gasteiger partial charge in [0.05, 0.1) is 12.1 Å². The first-order valence-electron chi connectivity index (χ1n) is 5.73. The first kappa shape index (κ1) is 14.5. The third-order valence-corrected chi connectivity index (χ3v) is 3.46. The Hall–Kier alpha value is -1.89. The fourth-order valence-corrected chi connectivity index (χ4v) is 2.28. The van der Waals surface area contributed by atoms with Gasteiger partial charge >= 0.3 is 6.18 Å². The standard InChI is InChI=1S/C13H11F3N2OS/c1-8-6-17-11(20-8)7-18-12(19)9-2-4-10(5-3-9)13(14,15)16/h2-6H,7H2,1H3,(H,18,19). The average Bonchev–Trinajstić information content (AvgIpc) is 2.81. The summed E-state index contributed by atoms with van der Waals surface area (Å²) in [7, 11) is 0. The van der Waals surface area contributed by atoms with Crippen molar-refractivity contribution in [1.82, 2.24) is 10.3 Å². The lowest BCUT2D eigenvalue weighted by atomic mass is 10.1. The van der Waals surface area contributed by atoms with Gasteiger partial charge in [-0.25, -0.2) is 4.98 Å². The Morgan fingerprint density at radius 1 is 1.30 bits per heavy atom. The van der Waals surface area contributed by atoms with Gasteiger partial charge < -0.3 is 5.32 Å². The molecule has 0 bridgehead atoms. The molecule has 0 radical (unpaired) electrons. The van der Waals surface area contributed by atoms with E-state index in [1.807, 2.05) is 6.92 Å². The Morgan fingerprint density at radius 3 is 2.45 bits per heavy atom. The van der Waals surface area contributed by atoms with E-state index in [0.717, 1.165) is 34.2 Å². The first-order valence-corrected chi connectivity index (χ1v) is 6.54. The summed E-state index contributed by atoms with van der Waals surface area (Å²) in [6, 6.07) is 4.10. The van der Waals surface area contributed by atoms with Crippen molar-refractivity contribution in [2.75, 3.05) is 0 Å². The molecule has 0 spiro atoms. The largest absolute Gasteiger partial charge is 0.416 e. The minimum absolute atomic E-state index is 0.186. The molecule has 2 aromatic rings. The number of halogens is 3. The van der Waals surface area contributed by atoms with Gasteiger partial charge in [-0.15, -0.1) is 11.3 Å². The molecule has 106 valence electrons. The van der Waals surface area contributed by atoms with Crippen LogP contribution >= 0.6 is 11.3 Å². The van der Waals surface area contributed by atoms with Crippen molar-refractivity contribution in [3.8, 4) is 0 Å². The molecule has 0 aliphatic heterocycles. The number of rotatable bonds is 3. The van der Waals surface area contributed by atoms with Gasteiger partial charge in [0.25, 0.3) is 5.91 Å². The normalized spacial score (nSPS) is 11.4. The van der Waals surface area contributed by atoms with Crippen molar-refractivity contribution < 1.29 is 18.0 Å². The van der Waals surface area contributed by atoms with Crippen LogP contribution in [0.25, 0.3) is 0 Å². The molecule has 1 aromatic heterocycles. The second-order valence-corrected chi connectivity index (χ2v) is 5.44. The maximum atomic E-state index is 12.4. The molecule has 2 rings (SSSR count). The minimum Gasteiger partial charge on any atom is -0.346 e. The van der Waals surface area contributed by atoms with Crippen LogP contribution in [0, 0.1) is 6.92 Å². The smallest absolute Gasteiger partial charge is 0.346 e. The molecule has 7 heteroatoms. The molecule has 0 saturated carbocycles. The monoisotopic (exact) mass is 300 g/mol. The number of carbonyl (C=O) groups excluding carboxylic acids is 1. The van der Waals surface area contributed by atoms with Crippen LogP contribution in [0.15, 0.2) is 30.5 Å². The summed E-state index contributed by atoms with van der Waals surface area (Å²) in [5.74, 6) is -0.424. The van der Waals surface area contributed by atoms with Gasteiger partial charge in [0.1, 0.15) is 5.01 Å². The summed E-state index contributed by atoms with van der Waals surface area (Å²) in [6.45, 7) is 2.16. The Labute approximate surface area is 117 Å². The zero-order valence-corrected chi connectivity index (χ0v) is 11.3. The Morgan fingerprint density at radius 2 is 1.95 bits per heavy atom. The summed E-state index contributed by atoms with van der Waals surface area (Å²) >= 11 is 1.46. The van der Waals surface area contributed by atoms with Crippen LogP contribution in [-0.4, -0.2) is 10.9 Å². The predicted molar refractivity (Wildman–Crippen MR) is 69.5 cm³/mol. The third kappa shape index (κ3) is 3.57. The van der Waals surface area contributed by atoms with Crippen LogP contribution < -0.4 is 5.32 Å². The molecular formula is C13H11F3N2OS. The number of benzene rings is 1. The molecule has 0 fully saturated rings. The molecule has 3 nitrogen and oxygen atoms in total. The van der Waals surface area contributed by atoms with Crippen molar-refractivity contribution in [3.05, 3.63) is 51.5 Å². The van der Waals surface area contributed by atoms with E-state index in [-0.39, 0.29) is 12.1 Å². The number of hydrogen-bond donors (Lipinski definition) is 1. The van der Waals surface area contributed by atoms with Crippen LogP contribution in [-0.2, 0) is 12.7 Å². The molecular weight excluding hydrogens is 289 g/mol. The molecule has 1 amide bonds. The molecule has 0 aliphatic rings. The molecule has 1 aromatic carbocycles. The zero-order valence-electron chi connectivity index (χ0n) is 10.5. The van der Waals surface area contributed by atoms with E-state index in [0.29, 0.717) is 0 Å². The van der Waals surface area contributed by atoms with Crippen LogP contribution in [0.5, 0.6) is 0 Å². The highest BCUT2D eigenvalue weighted by molar-refractivity contribution is 7.11. The van der Waals surface area contributed by atoms with E-state index in [1.54, 1.807) is 6.20 Å². The van der Waals surface area contributed by atoms with E-state index in [4.69, 9.17) is 0 Å². The summed E-state index contributed by atoms with van der Waals surface area (Å²) in [6.07, 6.45) is -2.70. The number of alkyl halides is 3. The number of amides is 1. The number of aryl methyl sites for hydroxylation is 1. The Bertz CT molecular complexity index is 605. The number of hydrogen-bond acceptors (Lipinski definition) is 3. The maximum absolute atomic E-state index is 12.4. The van der Waals surface area contributed by atoms with Crippen LogP contribution in [0.1, 0.15) is 25.8 Å². The molecule has 0 atom stereocenters. The molecule has 20 heavy (non-hydrogen) atoms. The number of nitrogens with one attached hydrogen (secondary N) is 1. The second-order valence-electron chi connectivity index (χ2n) is 4.12. The van der Waals surface area contributed by atoms with Crippen molar-refractivity contribution in [3.63, 3.8) is 0 Å². The minimum atomic E-state index is -4.40. The van der Waals surface area contributed by atoms with Crippen molar-refractivity contribution in [2.24, 2.45) is 0 Å². The Balaban J connectivity index is 1.99. The van der Waals surface area contributed by atoms with Gasteiger partial charge in [-0.1, -0.05) is 0 Å². The Kier molecular flexibility index (Phi) is 4.08. The van der Waals surface area contributed by atoms with Gasteiger partial charge in [0.2, 0.25) is 0 Å². The predicted octanol–water partition coefficient (Wildman–Crippen LogP) is 3.40. The van der Waals surface area contributed by atoms with Crippen LogP contribution in [0.4, 0.5) is 13.2 Å². The number of carbonyl (C=O) groups is 1. The third-order valence-electron chi connectivity index (χ3n) is 2.54. The molecule has 1 N–H and O–H groups in total. The number of nitrogens with zero attached hydrogens (tertiary/aromatic N) is 1. The topological polar surface area (TPSA) is 42.0 Å². The van der Waals surface area contributed by atoms with Gasteiger partial charge in [0.15, 0.2) is 0 Å². The lowest BCUT2D eigenvalue weighted by Crippen LogP contribution is -2.22. The van der Waals surface area contributed by atoms with E-state index in [2.05, 4.69) is 10.3 Å².